The molecule has 4 nitrogen and oxygen atoms in total. The summed E-state index contributed by atoms with van der Waals surface area (Å²) < 4.78 is 26.5. The lowest BCUT2D eigenvalue weighted by molar-refractivity contribution is -0.139. The molecule has 0 unspecified atom stereocenters. The van der Waals surface area contributed by atoms with Gasteiger partial charge in [-0.1, -0.05) is 6.42 Å². The Bertz CT molecular complexity index is 682. The van der Waals surface area contributed by atoms with Crippen LogP contribution in [0.25, 0.3) is 0 Å². The van der Waals surface area contributed by atoms with Gasteiger partial charge in [-0.25, -0.2) is 8.78 Å². The lowest BCUT2D eigenvalue weighted by Gasteiger charge is -2.21. The van der Waals surface area contributed by atoms with Gasteiger partial charge >= 0.3 is 0 Å². The van der Waals surface area contributed by atoms with E-state index in [9.17, 15) is 18.4 Å². The minimum atomic E-state index is -0.984. The Morgan fingerprint density at radius 1 is 1.04 bits per heavy atom. The molecule has 0 N–H and O–H groups in total. The number of fused-ring (bicyclic) bond motifs is 1. The Kier molecular flexibility index (Phi) is 3.77. The normalized spacial score (nSPS) is 29.4. The molecule has 1 aliphatic carbocycles. The monoisotopic (exact) mass is 334 g/mol. The standard InChI is InChI=1S/C18H20F2N2O2/c19-15-5-4-13(8-16(15)20)22-7-6-14(18(22)24)17(23)21-9-11-2-1-3-12(11)10-21/h4-5,8,11-12,14H,1-3,6-7,9-10H2/t11-,12+,14-/m1/s1. The third kappa shape index (κ3) is 2.48. The van der Waals surface area contributed by atoms with Crippen LogP contribution in [0.15, 0.2) is 18.2 Å². The molecule has 0 spiro atoms. The molecule has 6 heteroatoms. The van der Waals surface area contributed by atoms with Gasteiger partial charge in [0.25, 0.3) is 0 Å². The Morgan fingerprint density at radius 3 is 2.42 bits per heavy atom. The number of hydrogen-bond acceptors (Lipinski definition) is 2. The Morgan fingerprint density at radius 2 is 1.75 bits per heavy atom. The second-order valence-electron chi connectivity index (χ2n) is 7.12. The highest BCUT2D eigenvalue weighted by Crippen LogP contribution is 2.39. The molecule has 1 aromatic rings. The van der Waals surface area contributed by atoms with Gasteiger partial charge in [0.15, 0.2) is 11.6 Å². The smallest absolute Gasteiger partial charge is 0.239 e. The Hall–Kier alpha value is -1.98. The van der Waals surface area contributed by atoms with Crippen LogP contribution < -0.4 is 4.90 Å². The van der Waals surface area contributed by atoms with Crippen molar-refractivity contribution < 1.29 is 18.4 Å². The first-order valence-corrected chi connectivity index (χ1v) is 8.60. The number of anilines is 1. The number of halogens is 2. The van der Waals surface area contributed by atoms with E-state index in [0.717, 1.165) is 25.2 Å². The zero-order chi connectivity index (χ0) is 16.8. The van der Waals surface area contributed by atoms with Crippen LogP contribution in [0.1, 0.15) is 25.7 Å². The first-order chi connectivity index (χ1) is 11.5. The highest BCUT2D eigenvalue weighted by Gasteiger charge is 2.44. The molecule has 0 aromatic heterocycles. The number of hydrogen-bond donors (Lipinski definition) is 0. The number of rotatable bonds is 2. The highest BCUT2D eigenvalue weighted by atomic mass is 19.2. The summed E-state index contributed by atoms with van der Waals surface area (Å²) in [5, 5.41) is 0. The average molecular weight is 334 g/mol. The number of benzene rings is 1. The Balaban J connectivity index is 1.47. The summed E-state index contributed by atoms with van der Waals surface area (Å²) in [6, 6.07) is 3.40. The minimum Gasteiger partial charge on any atom is -0.341 e. The van der Waals surface area contributed by atoms with E-state index < -0.39 is 17.6 Å². The van der Waals surface area contributed by atoms with E-state index in [4.69, 9.17) is 0 Å². The predicted molar refractivity (Wildman–Crippen MR) is 84.2 cm³/mol. The third-order valence-electron chi connectivity index (χ3n) is 5.76. The largest absolute Gasteiger partial charge is 0.341 e. The fraction of sp³-hybridized carbons (Fsp3) is 0.556. The van der Waals surface area contributed by atoms with E-state index in [1.807, 2.05) is 4.90 Å². The molecule has 3 aliphatic rings. The van der Waals surface area contributed by atoms with Gasteiger partial charge in [0.05, 0.1) is 0 Å². The van der Waals surface area contributed by atoms with Crippen molar-refractivity contribution in [2.75, 3.05) is 24.5 Å². The van der Waals surface area contributed by atoms with Gasteiger partial charge in [-0.05, 0) is 43.2 Å². The second kappa shape index (κ2) is 5.83. The third-order valence-corrected chi connectivity index (χ3v) is 5.76. The molecule has 0 radical (unpaired) electrons. The molecule has 4 rings (SSSR count). The number of likely N-dealkylation sites (tertiary alicyclic amines) is 1. The topological polar surface area (TPSA) is 40.6 Å². The van der Waals surface area contributed by atoms with Crippen LogP contribution in [0.3, 0.4) is 0 Å². The molecule has 3 atom stereocenters. The fourth-order valence-electron chi connectivity index (χ4n) is 4.45. The minimum absolute atomic E-state index is 0.0977. The molecule has 2 amide bonds. The number of carbonyl (C=O) groups is 2. The van der Waals surface area contributed by atoms with Crippen LogP contribution in [0, 0.1) is 29.4 Å². The zero-order valence-electron chi connectivity index (χ0n) is 13.4. The zero-order valence-corrected chi connectivity index (χ0v) is 13.4. The molecule has 128 valence electrons. The van der Waals surface area contributed by atoms with Crippen molar-refractivity contribution in [3.8, 4) is 0 Å². The van der Waals surface area contributed by atoms with E-state index in [-0.39, 0.29) is 11.8 Å². The van der Waals surface area contributed by atoms with Gasteiger partial charge in [-0.15, -0.1) is 0 Å². The van der Waals surface area contributed by atoms with Crippen LogP contribution in [0.4, 0.5) is 14.5 Å². The van der Waals surface area contributed by atoms with Crippen molar-refractivity contribution in [1.82, 2.24) is 4.90 Å². The van der Waals surface area contributed by atoms with Gasteiger partial charge in [-0.2, -0.15) is 0 Å². The molecular formula is C18H20F2N2O2. The summed E-state index contributed by atoms with van der Waals surface area (Å²) >= 11 is 0. The van der Waals surface area contributed by atoms with Crippen LogP contribution in [-0.4, -0.2) is 36.3 Å². The molecular weight excluding hydrogens is 314 g/mol. The highest BCUT2D eigenvalue weighted by molar-refractivity contribution is 6.09. The maximum atomic E-state index is 13.4. The van der Waals surface area contributed by atoms with Gasteiger partial charge in [-0.3, -0.25) is 9.59 Å². The van der Waals surface area contributed by atoms with E-state index in [1.165, 1.54) is 30.2 Å². The van der Waals surface area contributed by atoms with Crippen molar-refractivity contribution in [2.45, 2.75) is 25.7 Å². The Labute approximate surface area is 139 Å². The van der Waals surface area contributed by atoms with Crippen molar-refractivity contribution in [3.05, 3.63) is 29.8 Å². The molecule has 1 saturated carbocycles. The van der Waals surface area contributed by atoms with E-state index in [2.05, 4.69) is 0 Å². The SMILES string of the molecule is O=C([C@H]1CCN(c2ccc(F)c(F)c2)C1=O)N1C[C@H]2CCC[C@H]2C1. The van der Waals surface area contributed by atoms with Crippen LogP contribution in [-0.2, 0) is 9.59 Å². The van der Waals surface area contributed by atoms with Crippen LogP contribution >= 0.6 is 0 Å². The van der Waals surface area contributed by atoms with E-state index >= 15 is 0 Å². The van der Waals surface area contributed by atoms with E-state index in [0.29, 0.717) is 30.5 Å². The van der Waals surface area contributed by atoms with Crippen molar-refractivity contribution >= 4 is 17.5 Å². The predicted octanol–water partition coefficient (Wildman–Crippen LogP) is 2.58. The molecule has 24 heavy (non-hydrogen) atoms. The van der Waals surface area contributed by atoms with Gasteiger partial charge in [0.1, 0.15) is 5.92 Å². The van der Waals surface area contributed by atoms with Crippen molar-refractivity contribution in [2.24, 2.45) is 17.8 Å². The molecule has 3 fully saturated rings. The number of amides is 2. The average Bonchev–Trinajstić information content (AvgIpc) is 3.23. The fourth-order valence-corrected chi connectivity index (χ4v) is 4.45. The second-order valence-corrected chi connectivity index (χ2v) is 7.12. The summed E-state index contributed by atoms with van der Waals surface area (Å²) in [6.45, 7) is 1.89. The van der Waals surface area contributed by atoms with Crippen molar-refractivity contribution in [1.29, 1.82) is 0 Å². The van der Waals surface area contributed by atoms with Crippen molar-refractivity contribution in [3.63, 3.8) is 0 Å². The number of nitrogens with zero attached hydrogens (tertiary/aromatic N) is 2. The summed E-state index contributed by atoms with van der Waals surface area (Å²) in [6.07, 6.45) is 4.02. The van der Waals surface area contributed by atoms with E-state index in [1.54, 1.807) is 0 Å². The lowest BCUT2D eigenvalue weighted by Crippen LogP contribution is -2.39. The first kappa shape index (κ1) is 15.5. The summed E-state index contributed by atoms with van der Waals surface area (Å²) in [5.74, 6) is -1.83. The molecule has 0 bridgehead atoms. The molecule has 2 saturated heterocycles. The van der Waals surface area contributed by atoms with Gasteiger partial charge in [0.2, 0.25) is 11.8 Å². The summed E-state index contributed by atoms with van der Waals surface area (Å²) in [4.78, 5) is 28.6. The van der Waals surface area contributed by atoms with Gasteiger partial charge in [0, 0.05) is 31.4 Å². The summed E-state index contributed by atoms with van der Waals surface area (Å²) in [5.41, 5.74) is 0.312. The first-order valence-electron chi connectivity index (χ1n) is 8.60. The number of carbonyl (C=O) groups excluding carboxylic acids is 2. The molecule has 1 aromatic carbocycles. The quantitative estimate of drug-likeness (QED) is 0.780. The molecule has 2 aliphatic heterocycles. The van der Waals surface area contributed by atoms with Gasteiger partial charge < -0.3 is 9.80 Å². The maximum Gasteiger partial charge on any atom is 0.239 e. The maximum absolute atomic E-state index is 13.4. The molecule has 2 heterocycles. The summed E-state index contributed by atoms with van der Waals surface area (Å²) in [7, 11) is 0. The van der Waals surface area contributed by atoms with Crippen LogP contribution in [0.5, 0.6) is 0 Å². The lowest BCUT2D eigenvalue weighted by atomic mass is 10.0. The van der Waals surface area contributed by atoms with Crippen LogP contribution in [0.2, 0.25) is 0 Å².